The number of ether oxygens (including phenoxy) is 1. The van der Waals surface area contributed by atoms with E-state index in [0.29, 0.717) is 5.25 Å². The molecule has 1 heterocycles. The molecule has 0 bridgehead atoms. The van der Waals surface area contributed by atoms with E-state index in [4.69, 9.17) is 4.74 Å². The standard InChI is InChI=1S/C12H13N3OS/c1-16-12-9-5-3-2-4-8(9)6-10(12)17-11-7-13-15-14-11/h2-5,7,10,12H,6H2,1H3,(H,13,14,15)/t10-,12+/m1/s1. The van der Waals surface area contributed by atoms with Gasteiger partial charge in [-0.05, 0) is 17.5 Å². The zero-order valence-corrected chi connectivity index (χ0v) is 10.3. The highest BCUT2D eigenvalue weighted by atomic mass is 32.2. The molecule has 1 aromatic heterocycles. The number of rotatable bonds is 3. The first kappa shape index (κ1) is 10.8. The van der Waals surface area contributed by atoms with Crippen LogP contribution < -0.4 is 0 Å². The highest BCUT2D eigenvalue weighted by Gasteiger charge is 2.33. The molecule has 1 aliphatic rings. The Morgan fingerprint density at radius 3 is 3.06 bits per heavy atom. The molecule has 0 saturated carbocycles. The Balaban J connectivity index is 1.84. The minimum absolute atomic E-state index is 0.146. The van der Waals surface area contributed by atoms with Crippen LogP contribution in [0.25, 0.3) is 0 Å². The molecular formula is C12H13N3OS. The van der Waals surface area contributed by atoms with Crippen LogP contribution in [0.1, 0.15) is 17.2 Å². The highest BCUT2D eigenvalue weighted by Crippen LogP contribution is 2.42. The minimum Gasteiger partial charge on any atom is -0.376 e. The quantitative estimate of drug-likeness (QED) is 0.903. The number of thioether (sulfide) groups is 1. The molecule has 1 N–H and O–H groups in total. The number of aromatic amines is 1. The summed E-state index contributed by atoms with van der Waals surface area (Å²) in [7, 11) is 1.77. The van der Waals surface area contributed by atoms with Crippen LogP contribution in [0.3, 0.4) is 0 Å². The fraction of sp³-hybridized carbons (Fsp3) is 0.333. The van der Waals surface area contributed by atoms with Crippen molar-refractivity contribution in [3.05, 3.63) is 41.6 Å². The molecule has 2 aromatic rings. The minimum atomic E-state index is 0.146. The number of nitrogens with one attached hydrogen (secondary N) is 1. The molecule has 0 amide bonds. The topological polar surface area (TPSA) is 50.8 Å². The molecule has 0 saturated heterocycles. The summed E-state index contributed by atoms with van der Waals surface area (Å²) in [5, 5.41) is 11.8. The second kappa shape index (κ2) is 4.50. The Labute approximate surface area is 104 Å². The Bertz CT molecular complexity index is 498. The third kappa shape index (κ3) is 1.96. The van der Waals surface area contributed by atoms with Gasteiger partial charge in [-0.1, -0.05) is 36.0 Å². The van der Waals surface area contributed by atoms with Crippen molar-refractivity contribution in [2.75, 3.05) is 7.11 Å². The molecule has 1 aromatic carbocycles. The predicted octanol–water partition coefficient (Wildman–Crippen LogP) is 2.21. The summed E-state index contributed by atoms with van der Waals surface area (Å²) in [5.41, 5.74) is 2.68. The first-order valence-corrected chi connectivity index (χ1v) is 6.39. The van der Waals surface area contributed by atoms with Gasteiger partial charge in [-0.15, -0.1) is 5.10 Å². The van der Waals surface area contributed by atoms with E-state index in [1.165, 1.54) is 11.1 Å². The van der Waals surface area contributed by atoms with Gasteiger partial charge in [-0.2, -0.15) is 10.3 Å². The molecule has 2 atom stereocenters. The molecule has 5 heteroatoms. The Kier molecular flexibility index (Phi) is 2.86. The van der Waals surface area contributed by atoms with Crippen molar-refractivity contribution in [3.63, 3.8) is 0 Å². The van der Waals surface area contributed by atoms with Gasteiger partial charge in [0, 0.05) is 12.4 Å². The lowest BCUT2D eigenvalue weighted by atomic mass is 10.1. The normalized spacial score (nSPS) is 22.6. The largest absolute Gasteiger partial charge is 0.376 e. The number of benzene rings is 1. The monoisotopic (exact) mass is 247 g/mol. The first-order chi connectivity index (χ1) is 8.38. The van der Waals surface area contributed by atoms with Crippen molar-refractivity contribution >= 4 is 11.8 Å². The van der Waals surface area contributed by atoms with E-state index in [-0.39, 0.29) is 6.10 Å². The lowest BCUT2D eigenvalue weighted by Crippen LogP contribution is -2.11. The van der Waals surface area contributed by atoms with Gasteiger partial charge in [-0.25, -0.2) is 0 Å². The summed E-state index contributed by atoms with van der Waals surface area (Å²) in [6, 6.07) is 8.46. The molecule has 4 nitrogen and oxygen atoms in total. The molecule has 0 fully saturated rings. The number of hydrogen-bond donors (Lipinski definition) is 1. The van der Waals surface area contributed by atoms with Gasteiger partial charge in [0.05, 0.1) is 12.3 Å². The Hall–Kier alpha value is -1.33. The van der Waals surface area contributed by atoms with Crippen LogP contribution in [0, 0.1) is 0 Å². The third-order valence-electron chi connectivity index (χ3n) is 3.04. The summed E-state index contributed by atoms with van der Waals surface area (Å²) in [6.07, 6.45) is 2.92. The van der Waals surface area contributed by atoms with Crippen molar-refractivity contribution in [1.82, 2.24) is 15.4 Å². The van der Waals surface area contributed by atoms with Crippen LogP contribution in [0.4, 0.5) is 0 Å². The van der Waals surface area contributed by atoms with Crippen molar-refractivity contribution < 1.29 is 4.74 Å². The van der Waals surface area contributed by atoms with Crippen molar-refractivity contribution in [2.24, 2.45) is 0 Å². The average Bonchev–Trinajstić information content (AvgIpc) is 2.96. The lowest BCUT2D eigenvalue weighted by Gasteiger charge is -2.17. The number of methoxy groups -OCH3 is 1. The molecule has 17 heavy (non-hydrogen) atoms. The highest BCUT2D eigenvalue weighted by molar-refractivity contribution is 7.99. The SMILES string of the molecule is CO[C@H]1c2ccccc2C[C@H]1Sc1cn[nH]n1. The van der Waals surface area contributed by atoms with Crippen molar-refractivity contribution in [2.45, 2.75) is 22.8 Å². The number of H-pyrrole nitrogens is 1. The van der Waals surface area contributed by atoms with Gasteiger partial charge in [0.25, 0.3) is 0 Å². The zero-order valence-electron chi connectivity index (χ0n) is 9.46. The molecule has 3 rings (SSSR count). The third-order valence-corrected chi connectivity index (χ3v) is 4.19. The Morgan fingerprint density at radius 2 is 2.29 bits per heavy atom. The predicted molar refractivity (Wildman–Crippen MR) is 65.9 cm³/mol. The molecule has 0 radical (unpaired) electrons. The van der Waals surface area contributed by atoms with Crippen molar-refractivity contribution in [1.29, 1.82) is 0 Å². The van der Waals surface area contributed by atoms with Crippen molar-refractivity contribution in [3.8, 4) is 0 Å². The first-order valence-electron chi connectivity index (χ1n) is 5.51. The lowest BCUT2D eigenvalue weighted by molar-refractivity contribution is 0.109. The van der Waals surface area contributed by atoms with Crippen LogP contribution in [0.2, 0.25) is 0 Å². The molecule has 88 valence electrons. The maximum atomic E-state index is 5.62. The summed E-state index contributed by atoms with van der Waals surface area (Å²) in [6.45, 7) is 0. The van der Waals surface area contributed by atoms with E-state index < -0.39 is 0 Å². The molecule has 0 spiro atoms. The van der Waals surface area contributed by atoms with Gasteiger partial charge >= 0.3 is 0 Å². The van der Waals surface area contributed by atoms with E-state index in [2.05, 4.69) is 39.7 Å². The number of fused-ring (bicyclic) bond motifs is 1. The van der Waals surface area contributed by atoms with Gasteiger partial charge < -0.3 is 4.74 Å². The number of nitrogens with zero attached hydrogens (tertiary/aromatic N) is 2. The molecule has 1 aliphatic carbocycles. The number of hydrogen-bond acceptors (Lipinski definition) is 4. The molecule has 0 aliphatic heterocycles. The van der Waals surface area contributed by atoms with E-state index in [1.807, 2.05) is 0 Å². The summed E-state index contributed by atoms with van der Waals surface area (Å²) in [4.78, 5) is 0. The maximum absolute atomic E-state index is 5.62. The van der Waals surface area contributed by atoms with Crippen LogP contribution in [-0.2, 0) is 11.2 Å². The van der Waals surface area contributed by atoms with E-state index in [9.17, 15) is 0 Å². The zero-order chi connectivity index (χ0) is 11.7. The molecular weight excluding hydrogens is 234 g/mol. The average molecular weight is 247 g/mol. The van der Waals surface area contributed by atoms with Crippen LogP contribution in [0.5, 0.6) is 0 Å². The summed E-state index contributed by atoms with van der Waals surface area (Å²) >= 11 is 1.72. The van der Waals surface area contributed by atoms with Crippen LogP contribution in [-0.4, -0.2) is 27.8 Å². The second-order valence-corrected chi connectivity index (χ2v) is 5.28. The smallest absolute Gasteiger partial charge is 0.139 e. The maximum Gasteiger partial charge on any atom is 0.139 e. The second-order valence-electron chi connectivity index (χ2n) is 4.02. The van der Waals surface area contributed by atoms with Crippen LogP contribution in [0.15, 0.2) is 35.5 Å². The van der Waals surface area contributed by atoms with Gasteiger partial charge in [0.1, 0.15) is 5.03 Å². The van der Waals surface area contributed by atoms with Gasteiger partial charge in [0.2, 0.25) is 0 Å². The van der Waals surface area contributed by atoms with E-state index in [1.54, 1.807) is 25.1 Å². The fourth-order valence-corrected chi connectivity index (χ4v) is 3.47. The summed E-state index contributed by atoms with van der Waals surface area (Å²) < 4.78 is 5.62. The summed E-state index contributed by atoms with van der Waals surface area (Å²) in [5.74, 6) is 0. The molecule has 0 unspecified atom stereocenters. The van der Waals surface area contributed by atoms with Gasteiger partial charge in [-0.3, -0.25) is 0 Å². The van der Waals surface area contributed by atoms with E-state index in [0.717, 1.165) is 11.4 Å². The van der Waals surface area contributed by atoms with Crippen LogP contribution >= 0.6 is 11.8 Å². The Morgan fingerprint density at radius 1 is 1.41 bits per heavy atom. The van der Waals surface area contributed by atoms with E-state index >= 15 is 0 Å². The fourth-order valence-electron chi connectivity index (χ4n) is 2.31. The number of aromatic nitrogens is 3. The van der Waals surface area contributed by atoms with Gasteiger partial charge in [0.15, 0.2) is 0 Å².